The van der Waals surface area contributed by atoms with Crippen molar-refractivity contribution in [2.45, 2.75) is 45.1 Å². The van der Waals surface area contributed by atoms with Crippen molar-refractivity contribution >= 4 is 11.9 Å². The van der Waals surface area contributed by atoms with Gasteiger partial charge in [0.05, 0.1) is 6.61 Å². The number of carbonyl (C=O) groups is 2. The van der Waals surface area contributed by atoms with E-state index in [-0.39, 0.29) is 5.56 Å². The highest BCUT2D eigenvalue weighted by atomic mass is 19.3. The molecule has 0 fully saturated rings. The lowest BCUT2D eigenvalue weighted by Crippen LogP contribution is -2.42. The van der Waals surface area contributed by atoms with E-state index in [1.807, 2.05) is 0 Å². The van der Waals surface area contributed by atoms with Crippen molar-refractivity contribution in [1.29, 1.82) is 0 Å². The molecular formula is C16H21F2NO4. The minimum atomic E-state index is -2.81. The number of carboxylic acids is 1. The van der Waals surface area contributed by atoms with E-state index in [1.165, 1.54) is 12.1 Å². The number of hydrogen-bond acceptors (Lipinski definition) is 3. The number of ether oxygens (including phenoxy) is 1. The van der Waals surface area contributed by atoms with Gasteiger partial charge in [0.25, 0.3) is 5.91 Å². The number of halogens is 2. The summed E-state index contributed by atoms with van der Waals surface area (Å²) < 4.78 is 30.1. The average molecular weight is 329 g/mol. The van der Waals surface area contributed by atoms with Gasteiger partial charge >= 0.3 is 5.97 Å². The highest BCUT2D eigenvalue weighted by Crippen LogP contribution is 2.13. The van der Waals surface area contributed by atoms with Gasteiger partial charge < -0.3 is 15.2 Å². The Balaban J connectivity index is 2.57. The molecule has 0 saturated carbocycles. The Morgan fingerprint density at radius 3 is 2.39 bits per heavy atom. The van der Waals surface area contributed by atoms with Crippen molar-refractivity contribution in [2.24, 2.45) is 0 Å². The normalized spacial score (nSPS) is 12.0. The second-order valence-electron chi connectivity index (χ2n) is 5.07. The minimum Gasteiger partial charge on any atom is -0.494 e. The van der Waals surface area contributed by atoms with Crippen LogP contribution in [0.1, 0.15) is 43.0 Å². The zero-order valence-electron chi connectivity index (χ0n) is 12.9. The Morgan fingerprint density at radius 1 is 1.22 bits per heavy atom. The molecule has 0 aliphatic rings. The van der Waals surface area contributed by atoms with Gasteiger partial charge in [-0.3, -0.25) is 4.79 Å². The smallest absolute Gasteiger partial charge is 0.326 e. The topological polar surface area (TPSA) is 75.6 Å². The van der Waals surface area contributed by atoms with E-state index >= 15 is 0 Å². The number of alkyl halides is 2. The first-order chi connectivity index (χ1) is 10.9. The van der Waals surface area contributed by atoms with Crippen LogP contribution in [-0.4, -0.2) is 36.1 Å². The van der Waals surface area contributed by atoms with Gasteiger partial charge in [-0.25, -0.2) is 13.6 Å². The third-order valence-electron chi connectivity index (χ3n) is 3.15. The second kappa shape index (κ2) is 9.76. The van der Waals surface area contributed by atoms with Crippen molar-refractivity contribution in [3.8, 4) is 5.75 Å². The SMILES string of the molecule is CCCCCOc1ccc(C(=O)NC(CC(F)F)C(=O)O)cc1. The summed E-state index contributed by atoms with van der Waals surface area (Å²) in [5, 5.41) is 10.9. The molecule has 0 aliphatic carbocycles. The number of rotatable bonds is 10. The van der Waals surface area contributed by atoms with Crippen LogP contribution in [0, 0.1) is 0 Å². The van der Waals surface area contributed by atoms with Crippen molar-refractivity contribution in [2.75, 3.05) is 6.61 Å². The number of hydrogen-bond donors (Lipinski definition) is 2. The molecule has 0 bridgehead atoms. The predicted octanol–water partition coefficient (Wildman–Crippen LogP) is 3.09. The number of nitrogens with one attached hydrogen (secondary N) is 1. The number of amides is 1. The molecule has 0 heterocycles. The highest BCUT2D eigenvalue weighted by Gasteiger charge is 2.24. The van der Waals surface area contributed by atoms with E-state index in [9.17, 15) is 18.4 Å². The van der Waals surface area contributed by atoms with E-state index in [4.69, 9.17) is 9.84 Å². The summed E-state index contributed by atoms with van der Waals surface area (Å²) in [6.07, 6.45) is -0.644. The van der Waals surface area contributed by atoms with E-state index in [0.29, 0.717) is 12.4 Å². The molecule has 5 nitrogen and oxygen atoms in total. The summed E-state index contributed by atoms with van der Waals surface area (Å²) in [6, 6.07) is 4.48. The minimum absolute atomic E-state index is 0.187. The van der Waals surface area contributed by atoms with Gasteiger partial charge in [0.2, 0.25) is 6.43 Å². The highest BCUT2D eigenvalue weighted by molar-refractivity contribution is 5.96. The summed E-state index contributed by atoms with van der Waals surface area (Å²) in [5.41, 5.74) is 0.187. The molecule has 1 atom stereocenters. The molecule has 0 spiro atoms. The molecule has 0 aliphatic heterocycles. The number of aliphatic carboxylic acids is 1. The number of unbranched alkanes of at least 4 members (excludes halogenated alkanes) is 2. The van der Waals surface area contributed by atoms with Crippen LogP contribution in [0.5, 0.6) is 5.75 Å². The fraction of sp³-hybridized carbons (Fsp3) is 0.500. The van der Waals surface area contributed by atoms with E-state index in [2.05, 4.69) is 12.2 Å². The van der Waals surface area contributed by atoms with Crippen LogP contribution >= 0.6 is 0 Å². The van der Waals surface area contributed by atoms with E-state index in [1.54, 1.807) is 12.1 Å². The lowest BCUT2D eigenvalue weighted by molar-refractivity contribution is -0.140. The van der Waals surface area contributed by atoms with Crippen molar-refractivity contribution < 1.29 is 28.2 Å². The molecule has 1 unspecified atom stereocenters. The lowest BCUT2D eigenvalue weighted by atomic mass is 10.1. The first-order valence-corrected chi connectivity index (χ1v) is 7.48. The second-order valence-corrected chi connectivity index (χ2v) is 5.07. The van der Waals surface area contributed by atoms with Gasteiger partial charge in [0.15, 0.2) is 0 Å². The quantitative estimate of drug-likeness (QED) is 0.647. The monoisotopic (exact) mass is 329 g/mol. The summed E-state index contributed by atoms with van der Waals surface area (Å²) in [6.45, 7) is 2.67. The van der Waals surface area contributed by atoms with Crippen LogP contribution in [0.25, 0.3) is 0 Å². The third-order valence-corrected chi connectivity index (χ3v) is 3.15. The summed E-state index contributed by atoms with van der Waals surface area (Å²) in [5.74, 6) is -1.61. The zero-order chi connectivity index (χ0) is 17.2. The molecule has 1 aromatic rings. The molecule has 0 radical (unpaired) electrons. The van der Waals surface area contributed by atoms with Crippen molar-refractivity contribution in [1.82, 2.24) is 5.32 Å². The van der Waals surface area contributed by atoms with Crippen LogP contribution < -0.4 is 10.1 Å². The Kier molecular flexibility index (Phi) is 8.01. The third kappa shape index (κ3) is 7.08. The number of carbonyl (C=O) groups excluding carboxylic acids is 1. The van der Waals surface area contributed by atoms with Crippen LogP contribution in [0.3, 0.4) is 0 Å². The Morgan fingerprint density at radius 2 is 1.87 bits per heavy atom. The van der Waals surface area contributed by atoms with Gasteiger partial charge in [-0.1, -0.05) is 19.8 Å². The van der Waals surface area contributed by atoms with Crippen LogP contribution in [0.4, 0.5) is 8.78 Å². The van der Waals surface area contributed by atoms with Gasteiger partial charge in [0.1, 0.15) is 11.8 Å². The summed E-state index contributed by atoms with van der Waals surface area (Å²) >= 11 is 0. The van der Waals surface area contributed by atoms with Gasteiger partial charge in [-0.15, -0.1) is 0 Å². The maximum atomic E-state index is 12.3. The first-order valence-electron chi connectivity index (χ1n) is 7.48. The maximum Gasteiger partial charge on any atom is 0.326 e. The average Bonchev–Trinajstić information content (AvgIpc) is 2.51. The van der Waals surface area contributed by atoms with Gasteiger partial charge in [-0.2, -0.15) is 0 Å². The molecule has 0 saturated heterocycles. The molecule has 0 aromatic heterocycles. The maximum absolute atomic E-state index is 12.3. The molecule has 23 heavy (non-hydrogen) atoms. The molecule has 1 rings (SSSR count). The zero-order valence-corrected chi connectivity index (χ0v) is 12.9. The standard InChI is InChI=1S/C16H21F2NO4/c1-2-3-4-9-23-12-7-5-11(6-8-12)15(20)19-13(16(21)22)10-14(17)18/h5-8,13-14H,2-4,9-10H2,1H3,(H,19,20)(H,21,22). The Hall–Kier alpha value is -2.18. The molecular weight excluding hydrogens is 308 g/mol. The number of carboxylic acid groups (broad SMARTS) is 1. The summed E-state index contributed by atoms with van der Waals surface area (Å²) in [7, 11) is 0. The van der Waals surface area contributed by atoms with Crippen LogP contribution in [0.15, 0.2) is 24.3 Å². The first kappa shape index (κ1) is 18.9. The molecule has 7 heteroatoms. The fourth-order valence-electron chi connectivity index (χ4n) is 1.89. The molecule has 1 amide bonds. The largest absolute Gasteiger partial charge is 0.494 e. The molecule has 128 valence electrons. The Labute approximate surface area is 133 Å². The molecule has 1 aromatic carbocycles. The van der Waals surface area contributed by atoms with E-state index < -0.39 is 30.8 Å². The van der Waals surface area contributed by atoms with Crippen LogP contribution in [0.2, 0.25) is 0 Å². The lowest BCUT2D eigenvalue weighted by Gasteiger charge is -2.14. The fourth-order valence-corrected chi connectivity index (χ4v) is 1.89. The predicted molar refractivity (Wildman–Crippen MR) is 81.0 cm³/mol. The van der Waals surface area contributed by atoms with E-state index in [0.717, 1.165) is 19.3 Å². The number of benzene rings is 1. The Bertz CT molecular complexity index is 505. The van der Waals surface area contributed by atoms with Crippen LogP contribution in [-0.2, 0) is 4.79 Å². The van der Waals surface area contributed by atoms with Gasteiger partial charge in [0, 0.05) is 12.0 Å². The van der Waals surface area contributed by atoms with Crippen molar-refractivity contribution in [3.63, 3.8) is 0 Å². The van der Waals surface area contributed by atoms with Crippen molar-refractivity contribution in [3.05, 3.63) is 29.8 Å². The van der Waals surface area contributed by atoms with Gasteiger partial charge in [-0.05, 0) is 30.7 Å². The molecule has 2 N–H and O–H groups in total. The summed E-state index contributed by atoms with van der Waals surface area (Å²) in [4.78, 5) is 22.8.